The van der Waals surface area contributed by atoms with Crippen LogP contribution in [-0.2, 0) is 9.53 Å². The average molecular weight is 457 g/mol. The maximum absolute atomic E-state index is 12.7. The number of carbonyl (C=O) groups excluding carboxylic acids is 2. The number of ether oxygens (including phenoxy) is 1. The number of nitro groups is 1. The zero-order chi connectivity index (χ0) is 24.1. The van der Waals surface area contributed by atoms with Crippen LogP contribution in [0.3, 0.4) is 0 Å². The molecule has 0 fully saturated rings. The van der Waals surface area contributed by atoms with E-state index in [0.29, 0.717) is 11.4 Å². The van der Waals surface area contributed by atoms with Crippen molar-refractivity contribution in [2.24, 2.45) is 0 Å². The van der Waals surface area contributed by atoms with Gasteiger partial charge in [-0.05, 0) is 36.8 Å². The summed E-state index contributed by atoms with van der Waals surface area (Å²) in [4.78, 5) is 40.1. The third kappa shape index (κ3) is 4.80. The minimum absolute atomic E-state index is 0.0638. The van der Waals surface area contributed by atoms with Gasteiger partial charge in [-0.1, -0.05) is 30.3 Å². The second-order valence-corrected chi connectivity index (χ2v) is 7.08. The Morgan fingerprint density at radius 1 is 1.15 bits per heavy atom. The topological polar surface area (TPSA) is 129 Å². The van der Waals surface area contributed by atoms with Crippen LogP contribution in [0, 0.1) is 10.1 Å². The number of aromatic nitrogens is 3. The van der Waals surface area contributed by atoms with Gasteiger partial charge in [-0.3, -0.25) is 14.9 Å². The van der Waals surface area contributed by atoms with E-state index in [1.165, 1.54) is 41.2 Å². The first-order chi connectivity index (χ1) is 16.5. The van der Waals surface area contributed by atoms with Crippen LogP contribution in [0.2, 0.25) is 0 Å². The van der Waals surface area contributed by atoms with Crippen molar-refractivity contribution in [2.75, 3.05) is 11.9 Å². The van der Waals surface area contributed by atoms with E-state index < -0.39 is 16.8 Å². The van der Waals surface area contributed by atoms with E-state index in [-0.39, 0.29) is 23.7 Å². The van der Waals surface area contributed by atoms with Crippen LogP contribution >= 0.6 is 0 Å². The summed E-state index contributed by atoms with van der Waals surface area (Å²) in [7, 11) is 0. The van der Waals surface area contributed by atoms with Crippen LogP contribution in [0.4, 0.5) is 11.5 Å². The summed E-state index contributed by atoms with van der Waals surface area (Å²) < 4.78 is 6.43. The largest absolute Gasteiger partial charge is 0.462 e. The van der Waals surface area contributed by atoms with Crippen molar-refractivity contribution in [3.05, 3.63) is 94.2 Å². The van der Waals surface area contributed by atoms with Crippen molar-refractivity contribution in [2.45, 2.75) is 6.92 Å². The Kier molecular flexibility index (Phi) is 6.40. The van der Waals surface area contributed by atoms with Crippen molar-refractivity contribution in [3.63, 3.8) is 0 Å². The molecule has 0 saturated heterocycles. The number of amides is 1. The summed E-state index contributed by atoms with van der Waals surface area (Å²) in [6.45, 7) is 1.82. The third-order valence-electron chi connectivity index (χ3n) is 4.82. The SMILES string of the molecule is CCOC(=O)c1cnn(-c2ccc3ccccc3n2)c1NC(=O)/C=C/c1cccc([N+](=O)[O-])c1. The van der Waals surface area contributed by atoms with Gasteiger partial charge in [-0.25, -0.2) is 9.78 Å². The molecule has 34 heavy (non-hydrogen) atoms. The number of non-ortho nitro benzene ring substituents is 1. The number of nitrogens with one attached hydrogen (secondary N) is 1. The number of nitrogens with zero attached hydrogens (tertiary/aromatic N) is 4. The third-order valence-corrected chi connectivity index (χ3v) is 4.82. The van der Waals surface area contributed by atoms with E-state index in [9.17, 15) is 19.7 Å². The Hall–Kier alpha value is -4.86. The lowest BCUT2D eigenvalue weighted by atomic mass is 10.2. The Bertz CT molecular complexity index is 1430. The lowest BCUT2D eigenvalue weighted by Gasteiger charge is -2.10. The average Bonchev–Trinajstić information content (AvgIpc) is 3.26. The van der Waals surface area contributed by atoms with E-state index in [2.05, 4.69) is 15.4 Å². The summed E-state index contributed by atoms with van der Waals surface area (Å²) >= 11 is 0. The number of esters is 1. The zero-order valence-corrected chi connectivity index (χ0v) is 18.0. The fourth-order valence-electron chi connectivity index (χ4n) is 3.25. The molecule has 0 bridgehead atoms. The van der Waals surface area contributed by atoms with Gasteiger partial charge in [0.2, 0.25) is 5.91 Å². The van der Waals surface area contributed by atoms with Crippen LogP contribution in [0.1, 0.15) is 22.8 Å². The van der Waals surface area contributed by atoms with E-state index >= 15 is 0 Å². The van der Waals surface area contributed by atoms with E-state index in [4.69, 9.17) is 4.74 Å². The number of anilines is 1. The number of rotatable bonds is 7. The highest BCUT2D eigenvalue weighted by Gasteiger charge is 2.21. The Balaban J connectivity index is 1.66. The molecule has 0 aliphatic rings. The van der Waals surface area contributed by atoms with Crippen molar-refractivity contribution >= 4 is 40.4 Å². The predicted octanol–water partition coefficient (Wildman–Crippen LogP) is 4.16. The number of nitro benzene ring substituents is 1. The highest BCUT2D eigenvalue weighted by molar-refractivity contribution is 6.05. The first kappa shape index (κ1) is 22.3. The van der Waals surface area contributed by atoms with Gasteiger partial charge in [0, 0.05) is 23.6 Å². The normalized spacial score (nSPS) is 11.0. The zero-order valence-electron chi connectivity index (χ0n) is 18.0. The quantitative estimate of drug-likeness (QED) is 0.191. The van der Waals surface area contributed by atoms with Crippen LogP contribution in [0.15, 0.2) is 72.9 Å². The Labute approximate surface area is 193 Å². The molecule has 0 radical (unpaired) electrons. The van der Waals surface area contributed by atoms with Crippen molar-refractivity contribution in [1.29, 1.82) is 0 Å². The Morgan fingerprint density at radius 2 is 1.97 bits per heavy atom. The van der Waals surface area contributed by atoms with Crippen LogP contribution in [0.5, 0.6) is 0 Å². The van der Waals surface area contributed by atoms with Crippen molar-refractivity contribution in [1.82, 2.24) is 14.8 Å². The van der Waals surface area contributed by atoms with Gasteiger partial charge >= 0.3 is 5.97 Å². The molecule has 0 spiro atoms. The van der Waals surface area contributed by atoms with Gasteiger partial charge in [-0.15, -0.1) is 0 Å². The number of hydrogen-bond acceptors (Lipinski definition) is 7. The maximum Gasteiger partial charge on any atom is 0.343 e. The molecular weight excluding hydrogens is 438 g/mol. The lowest BCUT2D eigenvalue weighted by molar-refractivity contribution is -0.384. The molecule has 10 heteroatoms. The first-order valence-electron chi connectivity index (χ1n) is 10.3. The molecule has 4 rings (SSSR count). The molecule has 0 aliphatic carbocycles. The molecule has 170 valence electrons. The minimum atomic E-state index is -0.646. The molecule has 4 aromatic rings. The molecule has 2 heterocycles. The molecule has 1 amide bonds. The second-order valence-electron chi connectivity index (χ2n) is 7.08. The number of pyridine rings is 1. The number of benzene rings is 2. The monoisotopic (exact) mass is 457 g/mol. The number of hydrogen-bond donors (Lipinski definition) is 1. The molecule has 2 aromatic heterocycles. The van der Waals surface area contributed by atoms with E-state index in [1.54, 1.807) is 19.1 Å². The van der Waals surface area contributed by atoms with Crippen molar-refractivity contribution < 1.29 is 19.2 Å². The second kappa shape index (κ2) is 9.74. The number of carbonyl (C=O) groups is 2. The fraction of sp³-hybridized carbons (Fsp3) is 0.0833. The number of para-hydroxylation sites is 1. The molecular formula is C24H19N5O5. The first-order valence-corrected chi connectivity index (χ1v) is 10.3. The van der Waals surface area contributed by atoms with Gasteiger partial charge in [0.05, 0.1) is 23.2 Å². The van der Waals surface area contributed by atoms with Crippen LogP contribution in [-0.4, -0.2) is 38.2 Å². The number of fused-ring (bicyclic) bond motifs is 1. The van der Waals surface area contributed by atoms with Gasteiger partial charge < -0.3 is 10.1 Å². The molecule has 0 unspecified atom stereocenters. The molecule has 0 atom stereocenters. The summed E-state index contributed by atoms with van der Waals surface area (Å²) in [6, 6.07) is 16.9. The van der Waals surface area contributed by atoms with Gasteiger partial charge in [0.25, 0.3) is 5.69 Å². The Morgan fingerprint density at radius 3 is 2.76 bits per heavy atom. The van der Waals surface area contributed by atoms with E-state index in [1.807, 2.05) is 30.3 Å². The molecule has 2 aromatic carbocycles. The van der Waals surface area contributed by atoms with Crippen LogP contribution in [0.25, 0.3) is 22.8 Å². The molecule has 0 aliphatic heterocycles. The fourth-order valence-corrected chi connectivity index (χ4v) is 3.25. The summed E-state index contributed by atoms with van der Waals surface area (Å²) in [5.41, 5.74) is 1.16. The summed E-state index contributed by atoms with van der Waals surface area (Å²) in [5.74, 6) is -0.728. The molecule has 0 saturated carbocycles. The predicted molar refractivity (Wildman–Crippen MR) is 126 cm³/mol. The molecule has 10 nitrogen and oxygen atoms in total. The van der Waals surface area contributed by atoms with Gasteiger partial charge in [0.15, 0.2) is 11.6 Å². The lowest BCUT2D eigenvalue weighted by Crippen LogP contribution is -2.16. The van der Waals surface area contributed by atoms with Crippen molar-refractivity contribution in [3.8, 4) is 5.82 Å². The molecule has 1 N–H and O–H groups in total. The smallest absolute Gasteiger partial charge is 0.343 e. The van der Waals surface area contributed by atoms with Gasteiger partial charge in [-0.2, -0.15) is 9.78 Å². The van der Waals surface area contributed by atoms with Gasteiger partial charge in [0.1, 0.15) is 5.56 Å². The summed E-state index contributed by atoms with van der Waals surface area (Å²) in [6.07, 6.45) is 3.94. The van der Waals surface area contributed by atoms with E-state index in [0.717, 1.165) is 10.9 Å². The highest BCUT2D eigenvalue weighted by Crippen LogP contribution is 2.23. The maximum atomic E-state index is 12.7. The standard InChI is InChI=1S/C24H19N5O5/c1-2-34-24(31)19-15-25-28(21-12-11-17-7-3-4-9-20(17)26-21)23(19)27-22(30)13-10-16-6-5-8-18(14-16)29(32)33/h3-15H,2H2,1H3,(H,27,30)/b13-10+. The minimum Gasteiger partial charge on any atom is -0.462 e. The summed E-state index contributed by atoms with van der Waals surface area (Å²) in [5, 5.41) is 18.8. The van der Waals surface area contributed by atoms with Crippen LogP contribution < -0.4 is 5.32 Å². The highest BCUT2D eigenvalue weighted by atomic mass is 16.6.